The normalized spacial score (nSPS) is 15.5. The number of ether oxygens (including phenoxy) is 1. The molecule has 25 heavy (non-hydrogen) atoms. The molecular formula is C21H35N3O. The molecule has 140 valence electrons. The molecule has 1 aromatic rings. The summed E-state index contributed by atoms with van der Waals surface area (Å²) in [5.74, 6) is 0.876. The Hall–Kier alpha value is -1.55. The Morgan fingerprint density at radius 1 is 1.12 bits per heavy atom. The van der Waals surface area contributed by atoms with E-state index in [2.05, 4.69) is 54.6 Å². The summed E-state index contributed by atoms with van der Waals surface area (Å²) >= 11 is 0. The summed E-state index contributed by atoms with van der Waals surface area (Å²) in [6.07, 6.45) is 7.28. The second-order valence-electron chi connectivity index (χ2n) is 7.19. The van der Waals surface area contributed by atoms with E-state index in [4.69, 9.17) is 4.74 Å². The lowest BCUT2D eigenvalue weighted by Crippen LogP contribution is -2.29. The summed E-state index contributed by atoms with van der Waals surface area (Å²) in [5, 5.41) is 0. The minimum Gasteiger partial charge on any atom is -0.491 e. The number of rotatable bonds is 8. The second kappa shape index (κ2) is 10.4. The van der Waals surface area contributed by atoms with Gasteiger partial charge in [0.25, 0.3) is 0 Å². The Morgan fingerprint density at radius 2 is 1.84 bits per heavy atom. The molecule has 0 spiro atoms. The average molecular weight is 346 g/mol. The molecule has 1 saturated heterocycles. The van der Waals surface area contributed by atoms with Gasteiger partial charge in [0.2, 0.25) is 0 Å². The minimum absolute atomic E-state index is 0.749. The smallest absolute Gasteiger partial charge is 0.137 e. The zero-order valence-corrected chi connectivity index (χ0v) is 16.6. The average Bonchev–Trinajstić information content (AvgIpc) is 2.89. The first-order valence-electron chi connectivity index (χ1n) is 9.79. The van der Waals surface area contributed by atoms with E-state index < -0.39 is 0 Å². The number of hydrogen-bond acceptors (Lipinski definition) is 4. The SMILES string of the molecule is CCN(Cc1ccc(OCCN2CCCCCC2)cn1)C(C)=C(C)C. The van der Waals surface area contributed by atoms with Crippen LogP contribution in [0.4, 0.5) is 0 Å². The van der Waals surface area contributed by atoms with Gasteiger partial charge < -0.3 is 9.64 Å². The Balaban J connectivity index is 1.80. The molecule has 1 aliphatic rings. The van der Waals surface area contributed by atoms with Crippen molar-refractivity contribution in [2.75, 3.05) is 32.8 Å². The highest BCUT2D eigenvalue weighted by Gasteiger charge is 2.09. The number of pyridine rings is 1. The lowest BCUT2D eigenvalue weighted by atomic mass is 10.2. The Kier molecular flexibility index (Phi) is 8.26. The minimum atomic E-state index is 0.749. The molecule has 0 bridgehead atoms. The van der Waals surface area contributed by atoms with Crippen LogP contribution in [0.25, 0.3) is 0 Å². The maximum Gasteiger partial charge on any atom is 0.137 e. The van der Waals surface area contributed by atoms with E-state index in [1.165, 1.54) is 50.0 Å². The molecule has 0 amide bonds. The fourth-order valence-electron chi connectivity index (χ4n) is 3.22. The van der Waals surface area contributed by atoms with Gasteiger partial charge in [0.05, 0.1) is 18.4 Å². The van der Waals surface area contributed by atoms with Crippen molar-refractivity contribution < 1.29 is 4.74 Å². The van der Waals surface area contributed by atoms with Crippen molar-refractivity contribution in [2.45, 2.75) is 59.9 Å². The molecule has 2 heterocycles. The first kappa shape index (κ1) is 19.8. The molecule has 4 nitrogen and oxygen atoms in total. The van der Waals surface area contributed by atoms with Crippen LogP contribution in [0.5, 0.6) is 5.75 Å². The van der Waals surface area contributed by atoms with Crippen LogP contribution in [-0.2, 0) is 6.54 Å². The molecule has 0 unspecified atom stereocenters. The molecule has 0 N–H and O–H groups in total. The third-order valence-corrected chi connectivity index (χ3v) is 5.11. The molecule has 1 aromatic heterocycles. The molecule has 0 atom stereocenters. The highest BCUT2D eigenvalue weighted by molar-refractivity contribution is 5.20. The number of nitrogens with zero attached hydrogens (tertiary/aromatic N) is 3. The van der Waals surface area contributed by atoms with Crippen LogP contribution in [0, 0.1) is 0 Å². The first-order valence-corrected chi connectivity index (χ1v) is 9.79. The maximum atomic E-state index is 5.89. The van der Waals surface area contributed by atoms with Crippen LogP contribution in [0.3, 0.4) is 0 Å². The quantitative estimate of drug-likeness (QED) is 0.695. The van der Waals surface area contributed by atoms with Gasteiger partial charge in [-0.15, -0.1) is 0 Å². The van der Waals surface area contributed by atoms with E-state index in [0.717, 1.165) is 37.7 Å². The predicted octanol–water partition coefficient (Wildman–Crippen LogP) is 4.47. The van der Waals surface area contributed by atoms with Crippen LogP contribution in [-0.4, -0.2) is 47.6 Å². The van der Waals surface area contributed by atoms with Crippen molar-refractivity contribution in [1.29, 1.82) is 0 Å². The van der Waals surface area contributed by atoms with Gasteiger partial charge in [-0.25, -0.2) is 0 Å². The summed E-state index contributed by atoms with van der Waals surface area (Å²) in [4.78, 5) is 9.47. The van der Waals surface area contributed by atoms with Gasteiger partial charge in [0.1, 0.15) is 12.4 Å². The summed E-state index contributed by atoms with van der Waals surface area (Å²) in [6, 6.07) is 4.14. The van der Waals surface area contributed by atoms with Gasteiger partial charge in [-0.1, -0.05) is 18.4 Å². The molecule has 2 rings (SSSR count). The van der Waals surface area contributed by atoms with E-state index in [9.17, 15) is 0 Å². The van der Waals surface area contributed by atoms with Crippen LogP contribution < -0.4 is 4.74 Å². The third kappa shape index (κ3) is 6.69. The number of hydrogen-bond donors (Lipinski definition) is 0. The summed E-state index contributed by atoms with van der Waals surface area (Å²) in [7, 11) is 0. The Morgan fingerprint density at radius 3 is 2.40 bits per heavy atom. The highest BCUT2D eigenvalue weighted by Crippen LogP contribution is 2.15. The van der Waals surface area contributed by atoms with E-state index in [-0.39, 0.29) is 0 Å². The van der Waals surface area contributed by atoms with Crippen molar-refractivity contribution in [3.05, 3.63) is 35.3 Å². The van der Waals surface area contributed by atoms with Crippen LogP contribution in [0.15, 0.2) is 29.6 Å². The van der Waals surface area contributed by atoms with Crippen molar-refractivity contribution in [2.24, 2.45) is 0 Å². The van der Waals surface area contributed by atoms with E-state index in [0.29, 0.717) is 0 Å². The molecule has 4 heteroatoms. The van der Waals surface area contributed by atoms with Crippen molar-refractivity contribution in [3.8, 4) is 5.75 Å². The predicted molar refractivity (Wildman–Crippen MR) is 105 cm³/mol. The standard InChI is InChI=1S/C21H35N3O/c1-5-24(19(4)18(2)3)17-20-10-11-21(16-22-20)25-15-14-23-12-8-6-7-9-13-23/h10-11,16H,5-9,12-15,17H2,1-4H3. The van der Waals surface area contributed by atoms with Crippen LogP contribution >= 0.6 is 0 Å². The zero-order chi connectivity index (χ0) is 18.1. The molecule has 0 aliphatic carbocycles. The largest absolute Gasteiger partial charge is 0.491 e. The number of aromatic nitrogens is 1. The summed E-state index contributed by atoms with van der Waals surface area (Å²) in [6.45, 7) is 14.7. The fourth-order valence-corrected chi connectivity index (χ4v) is 3.22. The topological polar surface area (TPSA) is 28.6 Å². The number of likely N-dealkylation sites (tertiary alicyclic amines) is 1. The first-order chi connectivity index (χ1) is 12.1. The lowest BCUT2D eigenvalue weighted by molar-refractivity contribution is 0.213. The van der Waals surface area contributed by atoms with Gasteiger partial charge in [0, 0.05) is 18.8 Å². The Labute approximate surface area is 153 Å². The molecule has 0 radical (unpaired) electrons. The molecule has 1 fully saturated rings. The van der Waals surface area contributed by atoms with E-state index in [1.54, 1.807) is 0 Å². The number of allylic oxidation sites excluding steroid dienone is 2. The van der Waals surface area contributed by atoms with Crippen molar-refractivity contribution in [1.82, 2.24) is 14.8 Å². The van der Waals surface area contributed by atoms with Crippen LogP contribution in [0.1, 0.15) is 59.1 Å². The van der Waals surface area contributed by atoms with Gasteiger partial charge in [-0.3, -0.25) is 9.88 Å². The van der Waals surface area contributed by atoms with Gasteiger partial charge in [-0.2, -0.15) is 0 Å². The van der Waals surface area contributed by atoms with E-state index >= 15 is 0 Å². The fraction of sp³-hybridized carbons (Fsp3) is 0.667. The Bertz CT molecular complexity index is 527. The highest BCUT2D eigenvalue weighted by atomic mass is 16.5. The van der Waals surface area contributed by atoms with Gasteiger partial charge in [0.15, 0.2) is 0 Å². The monoisotopic (exact) mass is 345 g/mol. The van der Waals surface area contributed by atoms with Crippen molar-refractivity contribution >= 4 is 0 Å². The van der Waals surface area contributed by atoms with Crippen molar-refractivity contribution in [3.63, 3.8) is 0 Å². The molecular weight excluding hydrogens is 310 g/mol. The van der Waals surface area contributed by atoms with Gasteiger partial charge in [-0.05, 0) is 65.8 Å². The maximum absolute atomic E-state index is 5.89. The molecule has 1 aliphatic heterocycles. The molecule has 0 saturated carbocycles. The third-order valence-electron chi connectivity index (χ3n) is 5.11. The lowest BCUT2D eigenvalue weighted by Gasteiger charge is -2.24. The summed E-state index contributed by atoms with van der Waals surface area (Å²) < 4.78 is 5.89. The van der Waals surface area contributed by atoms with Gasteiger partial charge >= 0.3 is 0 Å². The van der Waals surface area contributed by atoms with Crippen LogP contribution in [0.2, 0.25) is 0 Å². The molecule has 0 aromatic carbocycles. The zero-order valence-electron chi connectivity index (χ0n) is 16.6. The van der Waals surface area contributed by atoms with E-state index in [1.807, 2.05) is 6.20 Å². The summed E-state index contributed by atoms with van der Waals surface area (Å²) in [5.41, 5.74) is 3.78. The second-order valence-corrected chi connectivity index (χ2v) is 7.19.